The van der Waals surface area contributed by atoms with Gasteiger partial charge in [0, 0.05) is 13.1 Å². The van der Waals surface area contributed by atoms with Gasteiger partial charge in [0.25, 0.3) is 5.91 Å². The monoisotopic (exact) mass is 252 g/mol. The van der Waals surface area contributed by atoms with Gasteiger partial charge in [-0.05, 0) is 19.8 Å². The van der Waals surface area contributed by atoms with Gasteiger partial charge in [-0.25, -0.2) is 0 Å². The summed E-state index contributed by atoms with van der Waals surface area (Å²) < 4.78 is 0. The number of aromatic amines is 1. The second kappa shape index (κ2) is 6.42. The molecule has 0 aliphatic rings. The Morgan fingerprint density at radius 3 is 2.39 bits per heavy atom. The van der Waals surface area contributed by atoms with E-state index < -0.39 is 0 Å². The van der Waals surface area contributed by atoms with Crippen LogP contribution in [0.4, 0.5) is 5.69 Å². The average Bonchev–Trinajstić information content (AvgIpc) is 2.71. The Morgan fingerprint density at radius 2 is 2.00 bits per heavy atom. The number of nitrogens with two attached hydrogens (primary N) is 1. The second-order valence-corrected chi connectivity index (χ2v) is 4.64. The van der Waals surface area contributed by atoms with E-state index >= 15 is 0 Å². The lowest BCUT2D eigenvalue weighted by molar-refractivity contribution is 0.0730. The molecule has 102 valence electrons. The fourth-order valence-electron chi connectivity index (χ4n) is 1.96. The molecule has 18 heavy (non-hydrogen) atoms. The zero-order valence-electron chi connectivity index (χ0n) is 11.8. The molecule has 0 aliphatic heterocycles. The number of aromatic nitrogens is 2. The van der Waals surface area contributed by atoms with E-state index in [1.807, 2.05) is 18.7 Å². The van der Waals surface area contributed by atoms with Crippen molar-refractivity contribution in [2.24, 2.45) is 5.92 Å². The van der Waals surface area contributed by atoms with Crippen molar-refractivity contribution in [2.75, 3.05) is 18.8 Å². The first-order valence-electron chi connectivity index (χ1n) is 6.64. The highest BCUT2D eigenvalue weighted by molar-refractivity contribution is 5.97. The summed E-state index contributed by atoms with van der Waals surface area (Å²) in [7, 11) is 0. The number of carbonyl (C=O) groups is 1. The van der Waals surface area contributed by atoms with Crippen LogP contribution < -0.4 is 5.73 Å². The van der Waals surface area contributed by atoms with Gasteiger partial charge in [-0.3, -0.25) is 9.89 Å². The molecule has 3 N–H and O–H groups in total. The van der Waals surface area contributed by atoms with Gasteiger partial charge in [0.1, 0.15) is 0 Å². The molecule has 0 saturated heterocycles. The molecule has 0 unspecified atom stereocenters. The normalized spacial score (nSPS) is 10.9. The van der Waals surface area contributed by atoms with Crippen molar-refractivity contribution in [1.29, 1.82) is 0 Å². The minimum Gasteiger partial charge on any atom is -0.395 e. The first kappa shape index (κ1) is 14.5. The molecule has 0 spiro atoms. The van der Waals surface area contributed by atoms with Gasteiger partial charge >= 0.3 is 0 Å². The average molecular weight is 252 g/mol. The number of hydrogen-bond donors (Lipinski definition) is 2. The van der Waals surface area contributed by atoms with Gasteiger partial charge < -0.3 is 10.6 Å². The third-order valence-electron chi connectivity index (χ3n) is 3.50. The third-order valence-corrected chi connectivity index (χ3v) is 3.50. The lowest BCUT2D eigenvalue weighted by Crippen LogP contribution is -2.35. The number of rotatable bonds is 6. The van der Waals surface area contributed by atoms with Gasteiger partial charge in [0.2, 0.25) is 0 Å². The van der Waals surface area contributed by atoms with Crippen LogP contribution in [0, 0.1) is 12.8 Å². The number of amides is 1. The van der Waals surface area contributed by atoms with E-state index in [0.717, 1.165) is 25.1 Å². The molecule has 0 aliphatic carbocycles. The zero-order valence-corrected chi connectivity index (χ0v) is 11.8. The van der Waals surface area contributed by atoms with Crippen LogP contribution >= 0.6 is 0 Å². The summed E-state index contributed by atoms with van der Waals surface area (Å²) in [6, 6.07) is 0. The summed E-state index contributed by atoms with van der Waals surface area (Å²) in [5.74, 6) is 0.460. The fourth-order valence-corrected chi connectivity index (χ4v) is 1.96. The molecular weight excluding hydrogens is 228 g/mol. The number of nitrogen functional groups attached to an aromatic ring is 1. The predicted molar refractivity (Wildman–Crippen MR) is 73.4 cm³/mol. The minimum absolute atomic E-state index is 0.0775. The molecule has 1 aromatic heterocycles. The molecule has 0 bridgehead atoms. The van der Waals surface area contributed by atoms with Crippen LogP contribution in [0.25, 0.3) is 0 Å². The molecule has 5 nitrogen and oxygen atoms in total. The molecular formula is C13H24N4O. The summed E-state index contributed by atoms with van der Waals surface area (Å²) >= 11 is 0. The summed E-state index contributed by atoms with van der Waals surface area (Å²) in [5, 5.41) is 6.76. The number of nitrogens with one attached hydrogen (secondary N) is 1. The highest BCUT2D eigenvalue weighted by Crippen LogP contribution is 2.17. The van der Waals surface area contributed by atoms with Crippen molar-refractivity contribution in [2.45, 2.75) is 40.5 Å². The van der Waals surface area contributed by atoms with Gasteiger partial charge in [0.15, 0.2) is 5.69 Å². The maximum atomic E-state index is 12.3. The molecule has 0 atom stereocenters. The van der Waals surface area contributed by atoms with Gasteiger partial charge in [-0.2, -0.15) is 5.10 Å². The van der Waals surface area contributed by atoms with Crippen LogP contribution in [0.15, 0.2) is 0 Å². The number of aryl methyl sites for hydroxylation is 1. The summed E-state index contributed by atoms with van der Waals surface area (Å²) in [4.78, 5) is 14.2. The van der Waals surface area contributed by atoms with Crippen molar-refractivity contribution >= 4 is 11.6 Å². The molecule has 1 amide bonds. The van der Waals surface area contributed by atoms with E-state index in [1.165, 1.54) is 0 Å². The van der Waals surface area contributed by atoms with Crippen molar-refractivity contribution in [3.8, 4) is 0 Å². The zero-order chi connectivity index (χ0) is 13.7. The first-order chi connectivity index (χ1) is 8.54. The molecule has 0 saturated carbocycles. The summed E-state index contributed by atoms with van der Waals surface area (Å²) in [6.45, 7) is 9.56. The number of H-pyrrole nitrogens is 1. The van der Waals surface area contributed by atoms with E-state index in [-0.39, 0.29) is 5.91 Å². The molecule has 0 fully saturated rings. The van der Waals surface area contributed by atoms with E-state index in [0.29, 0.717) is 23.8 Å². The maximum Gasteiger partial charge on any atom is 0.276 e. The molecule has 1 rings (SSSR count). The van der Waals surface area contributed by atoms with E-state index in [2.05, 4.69) is 24.0 Å². The number of hydrogen-bond acceptors (Lipinski definition) is 3. The summed E-state index contributed by atoms with van der Waals surface area (Å²) in [5.41, 5.74) is 7.41. The van der Waals surface area contributed by atoms with Crippen LogP contribution in [0.2, 0.25) is 0 Å². The van der Waals surface area contributed by atoms with Crippen LogP contribution in [0.3, 0.4) is 0 Å². The Kier molecular flexibility index (Phi) is 5.19. The Labute approximate surface area is 109 Å². The third kappa shape index (κ3) is 3.03. The van der Waals surface area contributed by atoms with Crippen molar-refractivity contribution in [3.63, 3.8) is 0 Å². The quantitative estimate of drug-likeness (QED) is 0.815. The van der Waals surface area contributed by atoms with E-state index in [1.54, 1.807) is 0 Å². The van der Waals surface area contributed by atoms with Crippen LogP contribution in [-0.4, -0.2) is 34.1 Å². The number of anilines is 1. The molecule has 0 aromatic carbocycles. The van der Waals surface area contributed by atoms with Crippen LogP contribution in [0.1, 0.15) is 49.8 Å². The van der Waals surface area contributed by atoms with Crippen LogP contribution in [0.5, 0.6) is 0 Å². The van der Waals surface area contributed by atoms with Crippen molar-refractivity contribution < 1.29 is 4.79 Å². The Morgan fingerprint density at radius 1 is 1.39 bits per heavy atom. The topological polar surface area (TPSA) is 75.0 Å². The highest BCUT2D eigenvalue weighted by atomic mass is 16.2. The van der Waals surface area contributed by atoms with E-state index in [4.69, 9.17) is 5.73 Å². The SMILES string of the molecule is CCC(CC)CN(CC)C(=O)c1n[nH]c(C)c1N. The summed E-state index contributed by atoms with van der Waals surface area (Å²) in [6.07, 6.45) is 2.16. The van der Waals surface area contributed by atoms with Gasteiger partial charge in [-0.15, -0.1) is 0 Å². The predicted octanol–water partition coefficient (Wildman–Crippen LogP) is 2.20. The second-order valence-electron chi connectivity index (χ2n) is 4.64. The fraction of sp³-hybridized carbons (Fsp3) is 0.692. The Hall–Kier alpha value is -1.52. The molecule has 1 aromatic rings. The molecule has 1 heterocycles. The smallest absolute Gasteiger partial charge is 0.276 e. The molecule has 5 heteroatoms. The lowest BCUT2D eigenvalue weighted by atomic mass is 10.0. The lowest BCUT2D eigenvalue weighted by Gasteiger charge is -2.24. The van der Waals surface area contributed by atoms with Gasteiger partial charge in [0.05, 0.1) is 11.4 Å². The Bertz CT molecular complexity index is 396. The van der Waals surface area contributed by atoms with E-state index in [9.17, 15) is 4.79 Å². The Balaban J connectivity index is 2.82. The maximum absolute atomic E-state index is 12.3. The first-order valence-corrected chi connectivity index (χ1v) is 6.64. The number of nitrogens with zero attached hydrogens (tertiary/aromatic N) is 2. The van der Waals surface area contributed by atoms with Crippen molar-refractivity contribution in [3.05, 3.63) is 11.4 Å². The van der Waals surface area contributed by atoms with Gasteiger partial charge in [-0.1, -0.05) is 26.7 Å². The number of carbonyl (C=O) groups excluding carboxylic acids is 1. The standard InChI is InChI=1S/C13H24N4O/c1-5-10(6-2)8-17(7-3)13(18)12-11(14)9(4)15-16-12/h10H,5-8,14H2,1-4H3,(H,15,16). The molecule has 0 radical (unpaired) electrons. The largest absolute Gasteiger partial charge is 0.395 e. The minimum atomic E-state index is -0.0775. The highest BCUT2D eigenvalue weighted by Gasteiger charge is 2.22. The van der Waals surface area contributed by atoms with Crippen LogP contribution in [-0.2, 0) is 0 Å². The van der Waals surface area contributed by atoms with Crippen molar-refractivity contribution in [1.82, 2.24) is 15.1 Å².